The van der Waals surface area contributed by atoms with Crippen LogP contribution in [0.15, 0.2) is 115 Å². The third-order valence-corrected chi connectivity index (χ3v) is 12.3. The third kappa shape index (κ3) is 4.31. The van der Waals surface area contributed by atoms with Crippen molar-refractivity contribution in [2.24, 2.45) is 23.2 Å². The third-order valence-electron chi connectivity index (χ3n) is 12.3. The van der Waals surface area contributed by atoms with Crippen LogP contribution < -0.4 is 4.90 Å². The van der Waals surface area contributed by atoms with E-state index in [1.54, 1.807) is 19.1 Å². The molecular weight excluding hydrogens is 628 g/mol. The molecule has 2 saturated carbocycles. The van der Waals surface area contributed by atoms with Crippen molar-refractivity contribution in [3.05, 3.63) is 138 Å². The maximum Gasteiger partial charge on any atom is 0.247 e. The number of nitrogens with zero attached hydrogens (tertiary/aromatic N) is 2. The lowest BCUT2D eigenvalue weighted by Gasteiger charge is -2.48. The number of likely N-dealkylation sites (tertiary alicyclic amines) is 1. The van der Waals surface area contributed by atoms with Crippen molar-refractivity contribution in [2.75, 3.05) is 39.5 Å². The molecule has 2 amide bonds. The van der Waals surface area contributed by atoms with E-state index in [2.05, 4.69) is 24.3 Å². The number of hydrogen-bond donors (Lipinski definition) is 0. The topological polar surface area (TPSA) is 85.4 Å². The number of rotatable bonds is 11. The van der Waals surface area contributed by atoms with Gasteiger partial charge in [-0.05, 0) is 46.6 Å². The van der Waals surface area contributed by atoms with E-state index < -0.39 is 28.4 Å². The number of para-hydroxylation sites is 1. The van der Waals surface area contributed by atoms with Crippen LogP contribution in [-0.4, -0.2) is 63.1 Å². The second kappa shape index (κ2) is 12.3. The largest absolute Gasteiger partial charge is 0.376 e. The van der Waals surface area contributed by atoms with Crippen LogP contribution in [0.25, 0.3) is 0 Å². The summed E-state index contributed by atoms with van der Waals surface area (Å²) in [6, 6.07) is 37.3. The summed E-state index contributed by atoms with van der Waals surface area (Å²) in [4.78, 5) is 48.3. The molecule has 2 heterocycles. The van der Waals surface area contributed by atoms with Gasteiger partial charge in [-0.3, -0.25) is 19.3 Å². The number of hydrogen-bond acceptors (Lipinski definition) is 6. The zero-order valence-electron chi connectivity index (χ0n) is 28.7. The Morgan fingerprint density at radius 3 is 2.00 bits per heavy atom. The minimum Gasteiger partial charge on any atom is -0.376 e. The van der Waals surface area contributed by atoms with Crippen molar-refractivity contribution in [1.82, 2.24) is 4.90 Å². The molecule has 2 aliphatic heterocycles. The first-order valence-electron chi connectivity index (χ1n) is 17.3. The lowest BCUT2D eigenvalue weighted by molar-refractivity contribution is -0.161. The molecule has 256 valence electrons. The van der Waals surface area contributed by atoms with Crippen molar-refractivity contribution < 1.29 is 28.6 Å². The molecule has 0 aromatic heterocycles. The molecule has 50 heavy (non-hydrogen) atoms. The summed E-state index contributed by atoms with van der Waals surface area (Å²) in [7, 11) is 5.12. The van der Waals surface area contributed by atoms with Crippen molar-refractivity contribution in [3.63, 3.8) is 0 Å². The Hall–Kier alpha value is -4.63. The predicted molar refractivity (Wildman–Crippen MR) is 188 cm³/mol. The van der Waals surface area contributed by atoms with Gasteiger partial charge < -0.3 is 19.1 Å². The van der Waals surface area contributed by atoms with E-state index in [1.165, 1.54) is 0 Å². The Balaban J connectivity index is 1.32. The first-order valence-corrected chi connectivity index (χ1v) is 17.3. The lowest BCUT2D eigenvalue weighted by atomic mass is 9.52. The number of amides is 2. The van der Waals surface area contributed by atoms with Crippen LogP contribution in [0.5, 0.6) is 0 Å². The first-order chi connectivity index (χ1) is 24.4. The normalized spacial score (nSPS) is 28.2. The number of anilines is 1. The number of Topliss-reactive ketones (excluding diaryl/α,β-unsaturated/α-hetero) is 1. The Morgan fingerprint density at radius 2 is 1.38 bits per heavy atom. The zero-order valence-corrected chi connectivity index (χ0v) is 28.7. The fourth-order valence-electron chi connectivity index (χ4n) is 10.4. The maximum atomic E-state index is 15.0. The smallest absolute Gasteiger partial charge is 0.247 e. The molecule has 4 aromatic rings. The van der Waals surface area contributed by atoms with Crippen LogP contribution in [0.3, 0.4) is 0 Å². The van der Waals surface area contributed by atoms with E-state index in [-0.39, 0.29) is 49.2 Å². The summed E-state index contributed by atoms with van der Waals surface area (Å²) < 4.78 is 18.7. The highest BCUT2D eigenvalue weighted by Crippen LogP contribution is 2.72. The van der Waals surface area contributed by atoms with Crippen molar-refractivity contribution >= 4 is 23.3 Å². The molecular formula is C42H42N2O6. The molecule has 8 rings (SSSR count). The van der Waals surface area contributed by atoms with Gasteiger partial charge in [0.05, 0.1) is 24.3 Å². The highest BCUT2D eigenvalue weighted by atomic mass is 16.5. The second-order valence-electron chi connectivity index (χ2n) is 14.2. The van der Waals surface area contributed by atoms with E-state index in [0.29, 0.717) is 24.3 Å². The number of piperidine rings is 1. The van der Waals surface area contributed by atoms with Crippen molar-refractivity contribution in [3.8, 4) is 0 Å². The van der Waals surface area contributed by atoms with Crippen LogP contribution in [0, 0.1) is 23.2 Å². The van der Waals surface area contributed by atoms with E-state index in [0.717, 1.165) is 16.7 Å². The fourth-order valence-corrected chi connectivity index (χ4v) is 10.4. The Morgan fingerprint density at radius 1 is 0.780 bits per heavy atom. The first kappa shape index (κ1) is 32.6. The van der Waals surface area contributed by atoms with Crippen molar-refractivity contribution in [1.29, 1.82) is 0 Å². The van der Waals surface area contributed by atoms with Gasteiger partial charge in [-0.25, -0.2) is 0 Å². The Labute approximate surface area is 292 Å². The average molecular weight is 671 g/mol. The standard InChI is InChI=1S/C42H42N2O6/c1-43-36-31(24-41(49-3,29-17-9-5-10-18-29)30-19-11-6-12-20-30)33-23-35(45)42(32-21-13-14-22-34(32)44(27-48-2)39(42)47)37(36)40(33,38(43)46)26-50-25-28-15-7-4-8-16-28/h4-22,31,33,36-37H,23-27H2,1-3H3/t31-,33-,36-,37+,40+,42+/m1/s1. The van der Waals surface area contributed by atoms with Crippen LogP contribution in [0.1, 0.15) is 35.1 Å². The summed E-state index contributed by atoms with van der Waals surface area (Å²) in [5.41, 5.74) is 0.724. The van der Waals surface area contributed by atoms with Crippen molar-refractivity contribution in [2.45, 2.75) is 36.5 Å². The molecule has 0 radical (unpaired) electrons. The molecule has 0 unspecified atom stereocenters. The molecule has 2 aliphatic carbocycles. The van der Waals surface area contributed by atoms with Gasteiger partial charge in [0, 0.05) is 39.6 Å². The molecule has 3 fully saturated rings. The highest BCUT2D eigenvalue weighted by Gasteiger charge is 2.83. The van der Waals surface area contributed by atoms with E-state index >= 15 is 9.59 Å². The Kier molecular flexibility index (Phi) is 8.01. The summed E-state index contributed by atoms with van der Waals surface area (Å²) >= 11 is 0. The maximum absolute atomic E-state index is 15.0. The summed E-state index contributed by atoms with van der Waals surface area (Å²) in [6.07, 6.45) is 0.582. The van der Waals surface area contributed by atoms with Gasteiger partial charge in [0.15, 0.2) is 5.78 Å². The fraction of sp³-hybridized carbons (Fsp3) is 0.357. The summed E-state index contributed by atoms with van der Waals surface area (Å²) in [5.74, 6) is -1.74. The van der Waals surface area contributed by atoms with Crippen LogP contribution in [0.4, 0.5) is 5.69 Å². The minimum absolute atomic E-state index is 0.00517. The lowest BCUT2D eigenvalue weighted by Crippen LogP contribution is -2.62. The number of fused-ring (bicyclic) bond motifs is 2. The molecule has 6 atom stereocenters. The Bertz CT molecular complexity index is 1880. The van der Waals surface area contributed by atoms with Crippen LogP contribution >= 0.6 is 0 Å². The summed E-state index contributed by atoms with van der Waals surface area (Å²) in [6.45, 7) is 0.412. The molecule has 8 heteroatoms. The van der Waals surface area contributed by atoms with E-state index in [1.807, 2.05) is 103 Å². The highest BCUT2D eigenvalue weighted by molar-refractivity contribution is 6.24. The zero-order chi connectivity index (χ0) is 34.7. The van der Waals surface area contributed by atoms with Gasteiger partial charge in [-0.2, -0.15) is 0 Å². The molecule has 8 nitrogen and oxygen atoms in total. The van der Waals surface area contributed by atoms with Gasteiger partial charge in [-0.15, -0.1) is 0 Å². The molecule has 4 aromatic carbocycles. The van der Waals surface area contributed by atoms with Gasteiger partial charge in [0.2, 0.25) is 11.8 Å². The van der Waals surface area contributed by atoms with Crippen LogP contribution in [-0.2, 0) is 46.2 Å². The van der Waals surface area contributed by atoms with Crippen LogP contribution in [0.2, 0.25) is 0 Å². The number of ketones is 1. The van der Waals surface area contributed by atoms with E-state index in [9.17, 15) is 4.79 Å². The van der Waals surface area contributed by atoms with Gasteiger partial charge >= 0.3 is 0 Å². The quantitative estimate of drug-likeness (QED) is 0.190. The minimum atomic E-state index is -1.56. The van der Waals surface area contributed by atoms with E-state index in [4.69, 9.17) is 14.2 Å². The molecule has 1 saturated heterocycles. The second-order valence-corrected chi connectivity index (χ2v) is 14.2. The van der Waals surface area contributed by atoms with Gasteiger partial charge in [0.1, 0.15) is 17.7 Å². The SMILES string of the molecule is COCN1C(=O)[C@]2(C(=O)C[C@@H]3[C@@H](CC(OC)(c4ccccc4)c4ccccc4)[C@@H]4[C@H]2[C@@]3(COCc2ccccc2)C(=O)N4C)c2ccccc21. The number of methoxy groups -OCH3 is 2. The predicted octanol–water partition coefficient (Wildman–Crippen LogP) is 5.73. The number of carbonyl (C=O) groups excluding carboxylic acids is 3. The summed E-state index contributed by atoms with van der Waals surface area (Å²) in [5, 5.41) is 0. The molecule has 4 aliphatic rings. The average Bonchev–Trinajstić information content (AvgIpc) is 3.61. The number of benzene rings is 4. The van der Waals surface area contributed by atoms with Gasteiger partial charge in [0.25, 0.3) is 0 Å². The molecule has 0 N–H and O–H groups in total. The van der Waals surface area contributed by atoms with Gasteiger partial charge in [-0.1, -0.05) is 109 Å². The molecule has 4 bridgehead atoms. The number of carbonyl (C=O) groups is 3. The number of ether oxygens (including phenoxy) is 3. The monoisotopic (exact) mass is 670 g/mol. The molecule has 1 spiro atoms.